The minimum absolute atomic E-state index is 0.227. The van der Waals surface area contributed by atoms with Crippen molar-refractivity contribution < 1.29 is 9.90 Å². The number of rotatable bonds is 4. The van der Waals surface area contributed by atoms with Crippen LogP contribution in [0.25, 0.3) is 0 Å². The van der Waals surface area contributed by atoms with E-state index in [1.54, 1.807) is 13.1 Å². The summed E-state index contributed by atoms with van der Waals surface area (Å²) in [6.45, 7) is 2.26. The molecule has 0 unspecified atom stereocenters. The van der Waals surface area contributed by atoms with E-state index >= 15 is 0 Å². The Labute approximate surface area is 104 Å². The minimum Gasteiger partial charge on any atom is -0.478 e. The monoisotopic (exact) mass is 246 g/mol. The van der Waals surface area contributed by atoms with Crippen molar-refractivity contribution in [2.75, 3.05) is 5.32 Å². The number of carboxylic acids is 1. The summed E-state index contributed by atoms with van der Waals surface area (Å²) in [7, 11) is 1.90. The van der Waals surface area contributed by atoms with E-state index in [9.17, 15) is 4.79 Å². The van der Waals surface area contributed by atoms with Gasteiger partial charge >= 0.3 is 5.97 Å². The lowest BCUT2D eigenvalue weighted by atomic mass is 10.2. The normalized spacial score (nSPS) is 10.3. The largest absolute Gasteiger partial charge is 0.478 e. The molecule has 0 atom stereocenters. The fraction of sp³-hybridized carbons (Fsp3) is 0.250. The molecule has 94 valence electrons. The van der Waals surface area contributed by atoms with Gasteiger partial charge in [0.1, 0.15) is 11.6 Å². The van der Waals surface area contributed by atoms with Gasteiger partial charge in [0.05, 0.1) is 12.1 Å². The van der Waals surface area contributed by atoms with Crippen LogP contribution in [-0.4, -0.2) is 25.6 Å². The van der Waals surface area contributed by atoms with Gasteiger partial charge in [0.15, 0.2) is 0 Å². The Morgan fingerprint density at radius 2 is 2.28 bits per heavy atom. The van der Waals surface area contributed by atoms with E-state index in [1.165, 1.54) is 12.1 Å². The molecule has 0 saturated heterocycles. The number of aromatic nitrogens is 3. The number of aryl methyl sites for hydroxylation is 2. The summed E-state index contributed by atoms with van der Waals surface area (Å²) < 4.78 is 1.89. The zero-order chi connectivity index (χ0) is 13.1. The topological polar surface area (TPSA) is 80.0 Å². The number of carbonyl (C=O) groups is 1. The Morgan fingerprint density at radius 1 is 1.50 bits per heavy atom. The average Bonchev–Trinajstić information content (AvgIpc) is 2.71. The van der Waals surface area contributed by atoms with E-state index in [0.29, 0.717) is 18.1 Å². The van der Waals surface area contributed by atoms with E-state index in [4.69, 9.17) is 5.11 Å². The summed E-state index contributed by atoms with van der Waals surface area (Å²) in [5, 5.41) is 12.0. The van der Waals surface area contributed by atoms with Crippen LogP contribution in [0.3, 0.4) is 0 Å². The first-order valence-electron chi connectivity index (χ1n) is 5.48. The van der Waals surface area contributed by atoms with Crippen molar-refractivity contribution in [2.24, 2.45) is 7.05 Å². The summed E-state index contributed by atoms with van der Waals surface area (Å²) in [4.78, 5) is 19.3. The Bertz CT molecular complexity index is 577. The molecule has 0 bridgehead atoms. The second-order valence-corrected chi connectivity index (χ2v) is 4.00. The Kier molecular flexibility index (Phi) is 3.27. The van der Waals surface area contributed by atoms with Crippen molar-refractivity contribution >= 4 is 11.8 Å². The third-order valence-corrected chi connectivity index (χ3v) is 2.55. The molecule has 2 aromatic rings. The molecular formula is C12H14N4O2. The van der Waals surface area contributed by atoms with Gasteiger partial charge in [0, 0.05) is 25.1 Å². The van der Waals surface area contributed by atoms with Gasteiger partial charge in [-0.1, -0.05) is 0 Å². The highest BCUT2D eigenvalue weighted by Gasteiger charge is 2.07. The molecule has 0 aliphatic rings. The van der Waals surface area contributed by atoms with E-state index in [2.05, 4.69) is 15.3 Å². The SMILES string of the molecule is Cc1cc(C(=O)O)cc(NCc2nccn2C)n1. The first kappa shape index (κ1) is 12.1. The number of hydrogen-bond donors (Lipinski definition) is 2. The molecule has 6 heteroatoms. The average molecular weight is 246 g/mol. The maximum Gasteiger partial charge on any atom is 0.335 e. The fourth-order valence-electron chi connectivity index (χ4n) is 1.62. The zero-order valence-electron chi connectivity index (χ0n) is 10.2. The van der Waals surface area contributed by atoms with Crippen molar-refractivity contribution in [1.29, 1.82) is 0 Å². The summed E-state index contributed by atoms with van der Waals surface area (Å²) in [5.74, 6) is 0.436. The molecule has 0 saturated carbocycles. The van der Waals surface area contributed by atoms with Crippen molar-refractivity contribution in [1.82, 2.24) is 14.5 Å². The van der Waals surface area contributed by atoms with Gasteiger partial charge < -0.3 is 15.0 Å². The lowest BCUT2D eigenvalue weighted by Crippen LogP contribution is -2.08. The van der Waals surface area contributed by atoms with E-state index in [0.717, 1.165) is 5.82 Å². The second-order valence-electron chi connectivity index (χ2n) is 4.00. The van der Waals surface area contributed by atoms with Crippen LogP contribution in [0.5, 0.6) is 0 Å². The third-order valence-electron chi connectivity index (χ3n) is 2.55. The van der Waals surface area contributed by atoms with Crippen LogP contribution >= 0.6 is 0 Å². The van der Waals surface area contributed by atoms with Gasteiger partial charge in [-0.3, -0.25) is 0 Å². The van der Waals surface area contributed by atoms with Crippen LogP contribution in [0.4, 0.5) is 5.82 Å². The number of aromatic carboxylic acids is 1. The molecule has 0 radical (unpaired) electrons. The van der Waals surface area contributed by atoms with E-state index in [1.807, 2.05) is 17.8 Å². The first-order valence-corrected chi connectivity index (χ1v) is 5.48. The number of nitrogens with zero attached hydrogens (tertiary/aromatic N) is 3. The van der Waals surface area contributed by atoms with Crippen LogP contribution in [0.2, 0.25) is 0 Å². The maximum atomic E-state index is 10.9. The Balaban J connectivity index is 2.14. The standard InChI is InChI=1S/C12H14N4O2/c1-8-5-9(12(17)18)6-10(15-8)14-7-11-13-3-4-16(11)2/h3-6H,7H2,1-2H3,(H,14,15)(H,17,18). The highest BCUT2D eigenvalue weighted by Crippen LogP contribution is 2.11. The van der Waals surface area contributed by atoms with E-state index < -0.39 is 5.97 Å². The first-order chi connectivity index (χ1) is 8.56. The lowest BCUT2D eigenvalue weighted by molar-refractivity contribution is 0.0696. The highest BCUT2D eigenvalue weighted by molar-refractivity contribution is 5.88. The van der Waals surface area contributed by atoms with Gasteiger partial charge in [-0.2, -0.15) is 0 Å². The quantitative estimate of drug-likeness (QED) is 0.853. The zero-order valence-corrected chi connectivity index (χ0v) is 10.2. The van der Waals surface area contributed by atoms with Crippen molar-refractivity contribution in [3.05, 3.63) is 41.6 Å². The van der Waals surface area contributed by atoms with Crippen LogP contribution in [-0.2, 0) is 13.6 Å². The minimum atomic E-state index is -0.958. The molecule has 2 aromatic heterocycles. The molecular weight excluding hydrogens is 232 g/mol. The highest BCUT2D eigenvalue weighted by atomic mass is 16.4. The molecule has 0 aromatic carbocycles. The molecule has 0 aliphatic heterocycles. The summed E-state index contributed by atoms with van der Waals surface area (Å²) in [6.07, 6.45) is 3.56. The van der Waals surface area contributed by atoms with Crippen LogP contribution in [0.1, 0.15) is 21.9 Å². The molecule has 0 aliphatic carbocycles. The summed E-state index contributed by atoms with van der Waals surface area (Å²) in [6, 6.07) is 3.05. The molecule has 6 nitrogen and oxygen atoms in total. The molecule has 0 fully saturated rings. The summed E-state index contributed by atoms with van der Waals surface area (Å²) in [5.41, 5.74) is 0.891. The van der Waals surface area contributed by atoms with E-state index in [-0.39, 0.29) is 5.56 Å². The van der Waals surface area contributed by atoms with Crippen molar-refractivity contribution in [2.45, 2.75) is 13.5 Å². The van der Waals surface area contributed by atoms with Crippen LogP contribution < -0.4 is 5.32 Å². The molecule has 2 rings (SSSR count). The molecule has 18 heavy (non-hydrogen) atoms. The van der Waals surface area contributed by atoms with Gasteiger partial charge in [-0.05, 0) is 19.1 Å². The fourth-order valence-corrected chi connectivity index (χ4v) is 1.62. The van der Waals surface area contributed by atoms with Gasteiger partial charge in [-0.25, -0.2) is 14.8 Å². The van der Waals surface area contributed by atoms with Crippen molar-refractivity contribution in [3.8, 4) is 0 Å². The molecule has 0 spiro atoms. The third kappa shape index (κ3) is 2.65. The Hall–Kier alpha value is -2.37. The molecule has 2 N–H and O–H groups in total. The number of hydrogen-bond acceptors (Lipinski definition) is 4. The number of imidazole rings is 1. The van der Waals surface area contributed by atoms with Crippen LogP contribution in [0, 0.1) is 6.92 Å². The maximum absolute atomic E-state index is 10.9. The second kappa shape index (κ2) is 4.87. The number of pyridine rings is 1. The number of nitrogens with one attached hydrogen (secondary N) is 1. The van der Waals surface area contributed by atoms with Gasteiger partial charge in [-0.15, -0.1) is 0 Å². The lowest BCUT2D eigenvalue weighted by Gasteiger charge is -2.07. The predicted molar refractivity (Wildman–Crippen MR) is 66.5 cm³/mol. The molecule has 2 heterocycles. The van der Waals surface area contributed by atoms with Gasteiger partial charge in [0.25, 0.3) is 0 Å². The van der Waals surface area contributed by atoms with Crippen LogP contribution in [0.15, 0.2) is 24.5 Å². The summed E-state index contributed by atoms with van der Waals surface area (Å²) >= 11 is 0. The van der Waals surface area contributed by atoms with Crippen molar-refractivity contribution in [3.63, 3.8) is 0 Å². The number of carboxylic acid groups (broad SMARTS) is 1. The smallest absolute Gasteiger partial charge is 0.335 e. The number of anilines is 1. The predicted octanol–water partition coefficient (Wildman–Crippen LogP) is 1.43. The molecule has 0 amide bonds. The van der Waals surface area contributed by atoms with Gasteiger partial charge in [0.2, 0.25) is 0 Å². The Morgan fingerprint density at radius 3 is 2.89 bits per heavy atom.